The average molecular weight is 304 g/mol. The minimum absolute atomic E-state index is 0.108. The van der Waals surface area contributed by atoms with Crippen molar-refractivity contribution in [3.8, 4) is 0 Å². The van der Waals surface area contributed by atoms with Crippen LogP contribution in [0, 0.1) is 0 Å². The minimum Gasteiger partial charge on any atom is -0.391 e. The molecule has 0 amide bonds. The van der Waals surface area contributed by atoms with E-state index >= 15 is 0 Å². The van der Waals surface area contributed by atoms with Crippen LogP contribution in [0.4, 0.5) is 0 Å². The van der Waals surface area contributed by atoms with Crippen LogP contribution in [0.3, 0.4) is 0 Å². The zero-order valence-electron chi connectivity index (χ0n) is 13.3. The smallest absolute Gasteiger partial charge is 0.0695 e. The lowest BCUT2D eigenvalue weighted by atomic mass is 9.89. The van der Waals surface area contributed by atoms with Gasteiger partial charge < -0.3 is 10.4 Å². The summed E-state index contributed by atoms with van der Waals surface area (Å²) in [6, 6.07) is 0.976. The summed E-state index contributed by atoms with van der Waals surface area (Å²) in [6.07, 6.45) is 12.4. The van der Waals surface area contributed by atoms with Crippen molar-refractivity contribution < 1.29 is 5.11 Å². The number of aliphatic hydroxyl groups is 1. The molecule has 2 heterocycles. The highest BCUT2D eigenvalue weighted by molar-refractivity contribution is 5.17. The average Bonchev–Trinajstić information content (AvgIpc) is 3.02. The maximum absolute atomic E-state index is 10.2. The molecule has 5 nitrogen and oxygen atoms in total. The Morgan fingerprint density at radius 2 is 2.05 bits per heavy atom. The van der Waals surface area contributed by atoms with Crippen LogP contribution in [0.2, 0.25) is 0 Å². The molecule has 2 fully saturated rings. The van der Waals surface area contributed by atoms with Crippen molar-refractivity contribution in [2.24, 2.45) is 0 Å². The molecule has 0 radical (unpaired) electrons. The number of hydrogen-bond donors (Lipinski definition) is 2. The van der Waals surface area contributed by atoms with E-state index in [9.17, 15) is 5.11 Å². The maximum Gasteiger partial charge on any atom is 0.0695 e. The molecule has 1 saturated carbocycles. The third-order valence-electron chi connectivity index (χ3n) is 5.13. The first kappa shape index (κ1) is 15.7. The predicted octanol–water partition coefficient (Wildman–Crippen LogP) is 1.84. The zero-order chi connectivity index (χ0) is 15.4. The quantitative estimate of drug-likeness (QED) is 0.871. The van der Waals surface area contributed by atoms with E-state index in [1.165, 1.54) is 37.7 Å². The van der Waals surface area contributed by atoms with Crippen molar-refractivity contribution in [3.63, 3.8) is 0 Å². The zero-order valence-corrected chi connectivity index (χ0v) is 13.3. The Morgan fingerprint density at radius 1 is 1.27 bits per heavy atom. The van der Waals surface area contributed by atoms with Gasteiger partial charge in [0.25, 0.3) is 0 Å². The molecule has 2 N–H and O–H groups in total. The lowest BCUT2D eigenvalue weighted by Gasteiger charge is -2.41. The highest BCUT2D eigenvalue weighted by Gasteiger charge is 2.31. The Labute approximate surface area is 133 Å². The molecular formula is C17H28N4O. The minimum atomic E-state index is -0.108. The first-order valence-electron chi connectivity index (χ1n) is 8.57. The van der Waals surface area contributed by atoms with Crippen molar-refractivity contribution >= 4 is 6.20 Å². The van der Waals surface area contributed by atoms with Gasteiger partial charge in [-0.05, 0) is 25.7 Å². The number of aromatic nitrogens is 2. The van der Waals surface area contributed by atoms with Gasteiger partial charge in [-0.3, -0.25) is 4.90 Å². The molecule has 1 aliphatic carbocycles. The molecule has 3 rings (SSSR count). The fourth-order valence-electron chi connectivity index (χ4n) is 3.78. The van der Waals surface area contributed by atoms with Gasteiger partial charge in [0.1, 0.15) is 0 Å². The summed E-state index contributed by atoms with van der Waals surface area (Å²) in [5.74, 6) is 0. The molecule has 1 saturated heterocycles. The van der Waals surface area contributed by atoms with Gasteiger partial charge in [-0.15, -0.1) is 0 Å². The van der Waals surface area contributed by atoms with Crippen molar-refractivity contribution in [2.45, 2.75) is 63.3 Å². The number of nitrogens with zero attached hydrogens (tertiary/aromatic N) is 3. The highest BCUT2D eigenvalue weighted by Crippen LogP contribution is 2.25. The Hall–Kier alpha value is -1.17. The van der Waals surface area contributed by atoms with Gasteiger partial charge in [0.15, 0.2) is 0 Å². The van der Waals surface area contributed by atoms with Crippen LogP contribution in [-0.2, 0) is 6.54 Å². The maximum atomic E-state index is 10.2. The Morgan fingerprint density at radius 3 is 2.73 bits per heavy atom. The summed E-state index contributed by atoms with van der Waals surface area (Å²) in [5.41, 5.74) is 1.20. The predicted molar refractivity (Wildman–Crippen MR) is 88.3 cm³/mol. The molecule has 1 aromatic rings. The summed E-state index contributed by atoms with van der Waals surface area (Å²) in [7, 11) is 0. The van der Waals surface area contributed by atoms with E-state index in [0.29, 0.717) is 12.1 Å². The normalized spacial score (nSPS) is 27.9. The highest BCUT2D eigenvalue weighted by atomic mass is 16.3. The van der Waals surface area contributed by atoms with Crippen LogP contribution >= 0.6 is 0 Å². The third-order valence-corrected chi connectivity index (χ3v) is 5.13. The first-order valence-corrected chi connectivity index (χ1v) is 8.57. The van der Waals surface area contributed by atoms with E-state index in [4.69, 9.17) is 0 Å². The van der Waals surface area contributed by atoms with Crippen molar-refractivity contribution in [1.82, 2.24) is 20.0 Å². The van der Waals surface area contributed by atoms with E-state index < -0.39 is 0 Å². The molecule has 2 atom stereocenters. The van der Waals surface area contributed by atoms with Crippen LogP contribution in [0.15, 0.2) is 19.0 Å². The van der Waals surface area contributed by atoms with Crippen molar-refractivity contribution in [1.29, 1.82) is 0 Å². The van der Waals surface area contributed by atoms with Gasteiger partial charge in [-0.25, -0.2) is 4.68 Å². The van der Waals surface area contributed by atoms with Crippen LogP contribution in [-0.4, -0.2) is 51.1 Å². The number of piperidine rings is 1. The van der Waals surface area contributed by atoms with Gasteiger partial charge in [0.2, 0.25) is 0 Å². The first-order chi connectivity index (χ1) is 10.8. The van der Waals surface area contributed by atoms with E-state index in [0.717, 1.165) is 26.1 Å². The molecule has 1 aliphatic heterocycles. The molecule has 5 heteroatoms. The lowest BCUT2D eigenvalue weighted by molar-refractivity contribution is 0.00714. The Kier molecular flexibility index (Phi) is 5.28. The van der Waals surface area contributed by atoms with Crippen LogP contribution in [0.25, 0.3) is 6.20 Å². The number of likely N-dealkylation sites (tertiary alicyclic amines) is 1. The summed E-state index contributed by atoms with van der Waals surface area (Å²) in [6.45, 7) is 6.78. The molecule has 22 heavy (non-hydrogen) atoms. The van der Waals surface area contributed by atoms with Gasteiger partial charge in [0, 0.05) is 49.7 Å². The summed E-state index contributed by atoms with van der Waals surface area (Å²) in [4.78, 5) is 2.51. The summed E-state index contributed by atoms with van der Waals surface area (Å²) >= 11 is 0. The third kappa shape index (κ3) is 3.77. The van der Waals surface area contributed by atoms with E-state index in [2.05, 4.69) is 21.9 Å². The monoisotopic (exact) mass is 304 g/mol. The van der Waals surface area contributed by atoms with Gasteiger partial charge in [-0.2, -0.15) is 5.10 Å². The summed E-state index contributed by atoms with van der Waals surface area (Å²) < 4.78 is 1.74. The van der Waals surface area contributed by atoms with Crippen LogP contribution < -0.4 is 5.32 Å². The molecular weight excluding hydrogens is 276 g/mol. The van der Waals surface area contributed by atoms with E-state index in [1.54, 1.807) is 10.9 Å². The summed E-state index contributed by atoms with van der Waals surface area (Å²) in [5, 5.41) is 18.0. The fraction of sp³-hybridized carbons (Fsp3) is 0.706. The van der Waals surface area contributed by atoms with E-state index in [-0.39, 0.29) is 6.10 Å². The molecule has 0 aromatic carbocycles. The molecule has 122 valence electrons. The molecule has 2 aliphatic rings. The number of hydrogen-bond acceptors (Lipinski definition) is 4. The van der Waals surface area contributed by atoms with E-state index in [1.807, 2.05) is 12.4 Å². The topological polar surface area (TPSA) is 53.3 Å². The number of aliphatic hydroxyl groups excluding tert-OH is 1. The Bertz CT molecular complexity index is 479. The SMILES string of the molecule is C=Cn1cc(CNC2CCN([C@H]3CCCC[C@@H]3O)CC2)cn1. The number of rotatable bonds is 5. The van der Waals surface area contributed by atoms with Crippen molar-refractivity contribution in [3.05, 3.63) is 24.5 Å². The van der Waals surface area contributed by atoms with Crippen LogP contribution in [0.5, 0.6) is 0 Å². The van der Waals surface area contributed by atoms with Gasteiger partial charge in [0.05, 0.1) is 12.3 Å². The standard InChI is InChI=1S/C17H28N4O/c1-2-21-13-14(12-19-21)11-18-15-7-9-20(10-8-15)16-5-3-4-6-17(16)22/h2,12-13,15-18,22H,1,3-11H2/t16-,17-/m0/s1. The van der Waals surface area contributed by atoms with Crippen molar-refractivity contribution in [2.75, 3.05) is 13.1 Å². The molecule has 1 aromatic heterocycles. The molecule has 0 spiro atoms. The van der Waals surface area contributed by atoms with Gasteiger partial charge >= 0.3 is 0 Å². The second-order valence-electron chi connectivity index (χ2n) is 6.62. The lowest BCUT2D eigenvalue weighted by Crippen LogP contribution is -2.51. The van der Waals surface area contributed by atoms with Crippen LogP contribution in [0.1, 0.15) is 44.1 Å². The fourth-order valence-corrected chi connectivity index (χ4v) is 3.78. The number of nitrogens with one attached hydrogen (secondary N) is 1. The molecule has 0 bridgehead atoms. The Balaban J connectivity index is 1.42. The van der Waals surface area contributed by atoms with Gasteiger partial charge in [-0.1, -0.05) is 19.4 Å². The largest absolute Gasteiger partial charge is 0.391 e. The molecule has 0 unspecified atom stereocenters. The second kappa shape index (κ2) is 7.40. The second-order valence-corrected chi connectivity index (χ2v) is 6.62.